The van der Waals surface area contributed by atoms with Crippen molar-refractivity contribution in [3.63, 3.8) is 0 Å². The van der Waals surface area contributed by atoms with Crippen LogP contribution in [0.5, 0.6) is 0 Å². The van der Waals surface area contributed by atoms with E-state index in [2.05, 4.69) is 39.9 Å². The number of nitrogens with one attached hydrogen (secondary N) is 1. The molecule has 0 aliphatic carbocycles. The Balaban J connectivity index is 2.98. The topological polar surface area (TPSA) is 49.4 Å². The van der Waals surface area contributed by atoms with Crippen molar-refractivity contribution in [1.29, 1.82) is 0 Å². The van der Waals surface area contributed by atoms with Gasteiger partial charge in [0, 0.05) is 6.54 Å². The molecule has 0 radical (unpaired) electrons. The molecule has 4 nitrogen and oxygen atoms in total. The molecule has 4 unspecified atom stereocenters. The molecule has 1 aliphatic heterocycles. The number of hydrogen-bond acceptors (Lipinski definition) is 2. The molecule has 0 aromatic rings. The Bertz CT molecular complexity index is 368. The van der Waals surface area contributed by atoms with E-state index in [0.29, 0.717) is 18.4 Å². The number of piperazine rings is 1. The van der Waals surface area contributed by atoms with E-state index in [0.717, 1.165) is 19.3 Å². The number of rotatable bonds is 7. The van der Waals surface area contributed by atoms with Crippen molar-refractivity contribution in [2.45, 2.75) is 72.9 Å². The van der Waals surface area contributed by atoms with Gasteiger partial charge in [0.05, 0.1) is 0 Å². The summed E-state index contributed by atoms with van der Waals surface area (Å²) in [6, 6.07) is -0.651. The highest BCUT2D eigenvalue weighted by molar-refractivity contribution is 5.97. The summed E-state index contributed by atoms with van der Waals surface area (Å²) < 4.78 is 0. The average molecular weight is 296 g/mol. The summed E-state index contributed by atoms with van der Waals surface area (Å²) in [5, 5.41) is 2.96. The third-order valence-corrected chi connectivity index (χ3v) is 4.64. The number of amides is 2. The largest absolute Gasteiger partial charge is 0.342 e. The highest BCUT2D eigenvalue weighted by Crippen LogP contribution is 2.23. The fraction of sp³-hybridized carbons (Fsp3) is 0.882. The van der Waals surface area contributed by atoms with Gasteiger partial charge in [0.2, 0.25) is 11.8 Å². The van der Waals surface area contributed by atoms with E-state index in [4.69, 9.17) is 0 Å². The zero-order valence-electron chi connectivity index (χ0n) is 14.5. The minimum absolute atomic E-state index is 0.0249. The number of carbonyl (C=O) groups excluding carboxylic acids is 2. The minimum Gasteiger partial charge on any atom is -0.342 e. The second kappa shape index (κ2) is 7.81. The molecule has 0 spiro atoms. The van der Waals surface area contributed by atoms with Gasteiger partial charge in [0.15, 0.2) is 0 Å². The lowest BCUT2D eigenvalue weighted by Crippen LogP contribution is -2.65. The van der Waals surface area contributed by atoms with Crippen LogP contribution in [0.1, 0.15) is 60.8 Å². The monoisotopic (exact) mass is 296 g/mol. The van der Waals surface area contributed by atoms with Crippen molar-refractivity contribution in [3.8, 4) is 0 Å². The fourth-order valence-electron chi connectivity index (χ4n) is 2.77. The van der Waals surface area contributed by atoms with Crippen molar-refractivity contribution >= 4 is 11.8 Å². The maximum Gasteiger partial charge on any atom is 0.246 e. The summed E-state index contributed by atoms with van der Waals surface area (Å²) in [6.07, 6.45) is 2.65. The van der Waals surface area contributed by atoms with Crippen LogP contribution in [-0.4, -0.2) is 35.3 Å². The molecule has 0 saturated carbocycles. The molecule has 1 N–H and O–H groups in total. The molecule has 1 aliphatic rings. The molecule has 4 heteroatoms. The van der Waals surface area contributed by atoms with Gasteiger partial charge in [0.25, 0.3) is 0 Å². The lowest BCUT2D eigenvalue weighted by molar-refractivity contribution is -0.152. The van der Waals surface area contributed by atoms with Gasteiger partial charge in [-0.15, -0.1) is 0 Å². The van der Waals surface area contributed by atoms with E-state index in [1.165, 1.54) is 0 Å². The highest BCUT2D eigenvalue weighted by atomic mass is 16.2. The summed E-state index contributed by atoms with van der Waals surface area (Å²) in [6.45, 7) is 13.2. The molecule has 122 valence electrons. The molecule has 1 saturated heterocycles. The van der Waals surface area contributed by atoms with E-state index < -0.39 is 0 Å². The van der Waals surface area contributed by atoms with Gasteiger partial charge in [-0.05, 0) is 24.2 Å². The standard InChI is InChI=1S/C17H32N2O2/c1-7-12(5)10-19-14(9-11(3)4)16(20)18-15(17(19)21)13(6)8-2/h11-15H,7-10H2,1-6H3,(H,18,20). The maximum atomic E-state index is 12.8. The summed E-state index contributed by atoms with van der Waals surface area (Å²) in [7, 11) is 0. The Labute approximate surface area is 129 Å². The van der Waals surface area contributed by atoms with Gasteiger partial charge in [-0.25, -0.2) is 0 Å². The SMILES string of the molecule is CCC(C)CN1C(=O)C(C(C)CC)NC(=O)C1CC(C)C. The predicted molar refractivity (Wildman–Crippen MR) is 85.8 cm³/mol. The van der Waals surface area contributed by atoms with E-state index in [1.54, 1.807) is 0 Å². The van der Waals surface area contributed by atoms with Crippen LogP contribution < -0.4 is 5.32 Å². The molecule has 1 heterocycles. The Hall–Kier alpha value is -1.06. The van der Waals surface area contributed by atoms with Crippen LogP contribution in [0.25, 0.3) is 0 Å². The average Bonchev–Trinajstić information content (AvgIpc) is 2.44. The third kappa shape index (κ3) is 4.45. The quantitative estimate of drug-likeness (QED) is 0.785. The van der Waals surface area contributed by atoms with Crippen LogP contribution in [0.15, 0.2) is 0 Å². The second-order valence-electron chi connectivity index (χ2n) is 7.02. The summed E-state index contributed by atoms with van der Waals surface area (Å²) in [4.78, 5) is 27.2. The molecule has 0 aromatic heterocycles. The van der Waals surface area contributed by atoms with Crippen molar-refractivity contribution in [3.05, 3.63) is 0 Å². The smallest absolute Gasteiger partial charge is 0.246 e. The van der Waals surface area contributed by atoms with Crippen LogP contribution in [0, 0.1) is 17.8 Å². The van der Waals surface area contributed by atoms with Crippen molar-refractivity contribution in [2.24, 2.45) is 17.8 Å². The molecular formula is C17H32N2O2. The first-order chi connectivity index (χ1) is 9.81. The van der Waals surface area contributed by atoms with Gasteiger partial charge in [0.1, 0.15) is 12.1 Å². The van der Waals surface area contributed by atoms with Crippen LogP contribution in [0.2, 0.25) is 0 Å². The first-order valence-electron chi connectivity index (χ1n) is 8.42. The van der Waals surface area contributed by atoms with E-state index in [1.807, 2.05) is 11.8 Å². The molecular weight excluding hydrogens is 264 g/mol. The lowest BCUT2D eigenvalue weighted by atomic mass is 9.90. The Morgan fingerprint density at radius 3 is 2.19 bits per heavy atom. The number of nitrogens with zero attached hydrogens (tertiary/aromatic N) is 1. The van der Waals surface area contributed by atoms with Crippen LogP contribution in [0.4, 0.5) is 0 Å². The van der Waals surface area contributed by atoms with E-state index >= 15 is 0 Å². The zero-order chi connectivity index (χ0) is 16.2. The Kier molecular flexibility index (Phi) is 6.69. The van der Waals surface area contributed by atoms with Gasteiger partial charge in [-0.3, -0.25) is 9.59 Å². The molecule has 0 aromatic carbocycles. The normalized spacial score (nSPS) is 26.0. The zero-order valence-corrected chi connectivity index (χ0v) is 14.5. The minimum atomic E-state index is -0.352. The third-order valence-electron chi connectivity index (χ3n) is 4.64. The van der Waals surface area contributed by atoms with Crippen molar-refractivity contribution in [1.82, 2.24) is 10.2 Å². The molecule has 2 amide bonds. The summed E-state index contributed by atoms with van der Waals surface area (Å²) >= 11 is 0. The Morgan fingerprint density at radius 2 is 1.71 bits per heavy atom. The summed E-state index contributed by atoms with van der Waals surface area (Å²) in [5.74, 6) is 1.13. The van der Waals surface area contributed by atoms with E-state index in [-0.39, 0.29) is 29.8 Å². The fourth-order valence-corrected chi connectivity index (χ4v) is 2.77. The highest BCUT2D eigenvalue weighted by Gasteiger charge is 2.42. The molecule has 21 heavy (non-hydrogen) atoms. The van der Waals surface area contributed by atoms with Gasteiger partial charge >= 0.3 is 0 Å². The van der Waals surface area contributed by atoms with Gasteiger partial charge in [-0.1, -0.05) is 54.4 Å². The maximum absolute atomic E-state index is 12.8. The molecule has 4 atom stereocenters. The molecule has 1 fully saturated rings. The van der Waals surface area contributed by atoms with Crippen LogP contribution in [-0.2, 0) is 9.59 Å². The van der Waals surface area contributed by atoms with E-state index in [9.17, 15) is 9.59 Å². The van der Waals surface area contributed by atoms with Crippen molar-refractivity contribution in [2.75, 3.05) is 6.54 Å². The van der Waals surface area contributed by atoms with Gasteiger partial charge < -0.3 is 10.2 Å². The van der Waals surface area contributed by atoms with Gasteiger partial charge in [-0.2, -0.15) is 0 Å². The first kappa shape index (κ1) is 18.0. The predicted octanol–water partition coefficient (Wildman–Crippen LogP) is 2.82. The first-order valence-corrected chi connectivity index (χ1v) is 8.42. The lowest BCUT2D eigenvalue weighted by Gasteiger charge is -2.42. The molecule has 1 rings (SSSR count). The van der Waals surface area contributed by atoms with Crippen molar-refractivity contribution < 1.29 is 9.59 Å². The Morgan fingerprint density at radius 1 is 1.10 bits per heavy atom. The van der Waals surface area contributed by atoms with Crippen LogP contribution >= 0.6 is 0 Å². The second-order valence-corrected chi connectivity index (χ2v) is 7.02. The van der Waals surface area contributed by atoms with Crippen LogP contribution in [0.3, 0.4) is 0 Å². The number of hydrogen-bond donors (Lipinski definition) is 1. The number of carbonyl (C=O) groups is 2. The molecule has 0 bridgehead atoms. The summed E-state index contributed by atoms with van der Waals surface area (Å²) in [5.41, 5.74) is 0.